The fourth-order valence-corrected chi connectivity index (χ4v) is 5.67. The van der Waals surface area contributed by atoms with E-state index >= 15 is 0 Å². The molecule has 3 aliphatic heterocycles. The molecule has 2 N–H and O–H groups in total. The summed E-state index contributed by atoms with van der Waals surface area (Å²) in [6.07, 6.45) is 7.42. The first-order valence-corrected chi connectivity index (χ1v) is 15.6. The summed E-state index contributed by atoms with van der Waals surface area (Å²) in [7, 11) is 0. The average Bonchev–Trinajstić information content (AvgIpc) is 3.05. The number of nitrogens with one attached hydrogen (secondary N) is 2. The van der Waals surface area contributed by atoms with Gasteiger partial charge in [0.25, 0.3) is 5.91 Å². The zero-order valence-corrected chi connectivity index (χ0v) is 25.2. The second-order valence-electron chi connectivity index (χ2n) is 10.4. The van der Waals surface area contributed by atoms with Crippen LogP contribution < -0.4 is 14.9 Å². The predicted octanol–water partition coefficient (Wildman–Crippen LogP) is 3.79. The lowest BCUT2D eigenvalue weighted by atomic mass is 10.0. The van der Waals surface area contributed by atoms with E-state index in [-0.39, 0.29) is 17.8 Å². The van der Waals surface area contributed by atoms with Crippen molar-refractivity contribution in [1.82, 2.24) is 14.9 Å². The quantitative estimate of drug-likeness (QED) is 0.319. The van der Waals surface area contributed by atoms with Gasteiger partial charge in [0.05, 0.1) is 19.2 Å². The summed E-state index contributed by atoms with van der Waals surface area (Å²) >= 11 is 1.39. The maximum Gasteiger partial charge on any atom is 0.261 e. The van der Waals surface area contributed by atoms with Crippen molar-refractivity contribution in [1.29, 1.82) is 0 Å². The summed E-state index contributed by atoms with van der Waals surface area (Å²) < 4.78 is 8.55. The van der Waals surface area contributed by atoms with E-state index in [4.69, 9.17) is 4.74 Å². The average molecular weight is 596 g/mol. The highest BCUT2D eigenvalue weighted by molar-refractivity contribution is 7.97. The lowest BCUT2D eigenvalue weighted by Crippen LogP contribution is -2.48. The van der Waals surface area contributed by atoms with Crippen molar-refractivity contribution in [2.45, 2.75) is 18.8 Å². The molecule has 3 aliphatic rings. The van der Waals surface area contributed by atoms with Gasteiger partial charge < -0.3 is 15.0 Å². The summed E-state index contributed by atoms with van der Waals surface area (Å²) in [6.45, 7) is 7.40. The van der Waals surface area contributed by atoms with E-state index in [0.717, 1.165) is 48.8 Å². The topological polar surface area (TPSA) is 86.3 Å². The molecular weight excluding hydrogens is 558 g/mol. The van der Waals surface area contributed by atoms with Crippen molar-refractivity contribution in [2.24, 2.45) is 4.99 Å². The van der Waals surface area contributed by atoms with E-state index < -0.39 is 0 Å². The Balaban J connectivity index is 1.07. The molecule has 1 amide bonds. The third kappa shape index (κ3) is 8.94. The van der Waals surface area contributed by atoms with Gasteiger partial charge in [-0.25, -0.2) is 0 Å². The number of allylic oxidation sites excluding steroid dienone is 2. The van der Waals surface area contributed by atoms with Crippen LogP contribution in [-0.4, -0.2) is 81.3 Å². The van der Waals surface area contributed by atoms with Crippen LogP contribution in [0.25, 0.3) is 0 Å². The minimum absolute atomic E-state index is 0.0318. The van der Waals surface area contributed by atoms with Crippen LogP contribution in [0.5, 0.6) is 0 Å². The highest BCUT2D eigenvalue weighted by atomic mass is 32.2. The van der Waals surface area contributed by atoms with Gasteiger partial charge in [-0.1, -0.05) is 42.2 Å². The molecule has 2 aromatic rings. The molecular formula is C34H37N5O3S. The van der Waals surface area contributed by atoms with Gasteiger partial charge in [-0.3, -0.25) is 24.2 Å². The molecule has 1 atom stereocenters. The Morgan fingerprint density at radius 3 is 2.63 bits per heavy atom. The number of amides is 1. The number of hydrogen-bond donors (Lipinski definition) is 2. The molecule has 0 saturated carbocycles. The molecule has 3 heterocycles. The fourth-order valence-electron chi connectivity index (χ4n) is 4.99. The number of carbonyl (C=O) groups excluding carboxylic acids is 2. The molecule has 8 nitrogen and oxygen atoms in total. The molecule has 2 aromatic carbocycles. The zero-order valence-electron chi connectivity index (χ0n) is 24.4. The molecule has 0 aliphatic carbocycles. The third-order valence-corrected chi connectivity index (χ3v) is 8.12. The molecule has 1 fully saturated rings. The second-order valence-corrected chi connectivity index (χ2v) is 11.2. The summed E-state index contributed by atoms with van der Waals surface area (Å²) in [5, 5.41) is 3.19. The molecule has 222 valence electrons. The van der Waals surface area contributed by atoms with Gasteiger partial charge in [-0.2, -0.15) is 0 Å². The Hall–Kier alpha value is -4.10. The first-order valence-electron chi connectivity index (χ1n) is 14.6. The summed E-state index contributed by atoms with van der Waals surface area (Å²) in [4.78, 5) is 34.5. The number of carbonyl (C=O) groups is 2. The van der Waals surface area contributed by atoms with Crippen molar-refractivity contribution in [3.05, 3.63) is 101 Å². The maximum atomic E-state index is 13.1. The molecule has 1 saturated heterocycles. The Bertz CT molecular complexity index is 1460. The van der Waals surface area contributed by atoms with Gasteiger partial charge in [0.2, 0.25) is 0 Å². The fraction of sp³-hybridized carbons (Fsp3) is 0.324. The lowest BCUT2D eigenvalue weighted by molar-refractivity contribution is -0.116. The number of nitrogens with zero attached hydrogens (tertiary/aromatic N) is 3. The first-order chi connectivity index (χ1) is 21.1. The molecule has 0 spiro atoms. The van der Waals surface area contributed by atoms with Crippen molar-refractivity contribution < 1.29 is 14.3 Å². The molecule has 1 unspecified atom stereocenters. The van der Waals surface area contributed by atoms with Crippen LogP contribution >= 0.6 is 11.9 Å². The Kier molecular flexibility index (Phi) is 10.9. The lowest BCUT2D eigenvalue weighted by Gasteiger charge is -2.36. The van der Waals surface area contributed by atoms with Gasteiger partial charge in [0, 0.05) is 85.5 Å². The van der Waals surface area contributed by atoms with Gasteiger partial charge in [0.1, 0.15) is 0 Å². The highest BCUT2D eigenvalue weighted by Crippen LogP contribution is 2.19. The van der Waals surface area contributed by atoms with E-state index in [0.29, 0.717) is 37.4 Å². The molecule has 0 aromatic heterocycles. The van der Waals surface area contributed by atoms with Gasteiger partial charge in [-0.05, 0) is 60.9 Å². The molecule has 0 radical (unpaired) electrons. The van der Waals surface area contributed by atoms with Crippen LogP contribution in [0.15, 0.2) is 94.7 Å². The van der Waals surface area contributed by atoms with Gasteiger partial charge in [0.15, 0.2) is 5.78 Å². The minimum atomic E-state index is -0.0966. The predicted molar refractivity (Wildman–Crippen MR) is 174 cm³/mol. The van der Waals surface area contributed by atoms with Crippen LogP contribution in [0.3, 0.4) is 0 Å². The number of Topliss-reactive ketones (excluding diaryl/α,β-unsaturated/α-hetero) is 1. The summed E-state index contributed by atoms with van der Waals surface area (Å²) in [5.41, 5.74) is 5.24. The van der Waals surface area contributed by atoms with Gasteiger partial charge >= 0.3 is 0 Å². The Labute approximate surface area is 258 Å². The largest absolute Gasteiger partial charge is 0.386 e. The smallest absolute Gasteiger partial charge is 0.261 e. The van der Waals surface area contributed by atoms with Crippen molar-refractivity contribution in [2.75, 3.05) is 57.3 Å². The van der Waals surface area contributed by atoms with Crippen molar-refractivity contribution in [3.8, 4) is 11.8 Å². The molecule has 43 heavy (non-hydrogen) atoms. The number of ketones is 1. The summed E-state index contributed by atoms with van der Waals surface area (Å²) in [6, 6.07) is 17.8. The van der Waals surface area contributed by atoms with E-state index in [2.05, 4.69) is 36.7 Å². The Morgan fingerprint density at radius 2 is 1.86 bits per heavy atom. The third-order valence-electron chi connectivity index (χ3n) is 7.31. The molecule has 9 heteroatoms. The number of benzene rings is 2. The van der Waals surface area contributed by atoms with Crippen molar-refractivity contribution in [3.63, 3.8) is 0 Å². The Morgan fingerprint density at radius 1 is 1.07 bits per heavy atom. The second kappa shape index (κ2) is 15.4. The number of dihydropyridines is 2. The van der Waals surface area contributed by atoms with Crippen LogP contribution in [0.4, 0.5) is 5.69 Å². The van der Waals surface area contributed by atoms with Crippen LogP contribution in [0.1, 0.15) is 22.8 Å². The minimum Gasteiger partial charge on any atom is -0.386 e. The first kappa shape index (κ1) is 30.4. The standard InChI is InChI=1S/C34H37N5O3S/c1-2-42-32-19-28(21-36-23-32)9-8-27-18-30(22-35-20-27)33(40)24-38-14-16-39(17-15-38)31-12-10-29(11-13-31)34(41)37-43-25-26-6-4-3-5-7-26/h3-7,10-13,18-19,21-22,32,35H,2,14-17,20,23-25H2,1H3,(H,37,41). The number of aliphatic imine (C=N–C) groups is 1. The number of anilines is 1. The molecule has 0 bridgehead atoms. The van der Waals surface area contributed by atoms with Crippen LogP contribution in [0.2, 0.25) is 0 Å². The summed E-state index contributed by atoms with van der Waals surface area (Å²) in [5.74, 6) is 7.05. The van der Waals surface area contributed by atoms with Crippen LogP contribution in [0, 0.1) is 11.8 Å². The van der Waals surface area contributed by atoms with E-state index in [9.17, 15) is 9.59 Å². The zero-order chi connectivity index (χ0) is 29.9. The normalized spacial score (nSPS) is 18.4. The van der Waals surface area contributed by atoms with Crippen molar-refractivity contribution >= 4 is 35.5 Å². The molecule has 5 rings (SSSR count). The number of rotatable bonds is 10. The maximum absolute atomic E-state index is 13.1. The number of piperazine rings is 1. The SMILES string of the molecule is CCOC1C=C(C#CC2=CC(C(=O)CN3CCN(c4ccc(C(=O)NSCc5ccccc5)cc4)CC3)=CNC2)C=NC1. The van der Waals surface area contributed by atoms with E-state index in [1.54, 1.807) is 12.4 Å². The van der Waals surface area contributed by atoms with E-state index in [1.165, 1.54) is 17.5 Å². The number of ether oxygens (including phenoxy) is 1. The number of hydrogen-bond acceptors (Lipinski definition) is 8. The monoisotopic (exact) mass is 595 g/mol. The van der Waals surface area contributed by atoms with E-state index in [1.807, 2.05) is 73.7 Å². The van der Waals surface area contributed by atoms with Gasteiger partial charge in [-0.15, -0.1) is 0 Å². The van der Waals surface area contributed by atoms with Crippen LogP contribution in [-0.2, 0) is 15.3 Å². The highest BCUT2D eigenvalue weighted by Gasteiger charge is 2.21.